The lowest BCUT2D eigenvalue weighted by atomic mass is 10.0. The summed E-state index contributed by atoms with van der Waals surface area (Å²) in [5.74, 6) is -1.58. The Morgan fingerprint density at radius 3 is 2.52 bits per heavy atom. The van der Waals surface area contributed by atoms with Crippen molar-refractivity contribution in [2.75, 3.05) is 5.32 Å². The third-order valence-corrected chi connectivity index (χ3v) is 7.26. The number of benzene rings is 2. The van der Waals surface area contributed by atoms with Crippen LogP contribution in [-0.4, -0.2) is 16.8 Å². The number of carbonyl (C=O) groups is 2. The molecule has 7 nitrogen and oxygen atoms in total. The van der Waals surface area contributed by atoms with E-state index in [1.54, 1.807) is 12.1 Å². The molecule has 3 N–H and O–H groups in total. The van der Waals surface area contributed by atoms with Gasteiger partial charge in [-0.05, 0) is 59.5 Å². The smallest absolute Gasteiger partial charge is 0.433 e. The fourth-order valence-corrected chi connectivity index (χ4v) is 5.27. The van der Waals surface area contributed by atoms with Crippen molar-refractivity contribution in [2.24, 2.45) is 5.73 Å². The first-order valence-electron chi connectivity index (χ1n) is 12.4. The molecule has 0 aliphatic heterocycles. The highest BCUT2D eigenvalue weighted by atomic mass is 32.1. The van der Waals surface area contributed by atoms with Crippen LogP contribution < -0.4 is 15.8 Å². The van der Waals surface area contributed by atoms with Crippen molar-refractivity contribution in [3.05, 3.63) is 113 Å². The zero-order chi connectivity index (χ0) is 30.0. The average molecular weight is 596 g/mol. The minimum atomic E-state index is -4.82. The first-order chi connectivity index (χ1) is 20.0. The van der Waals surface area contributed by atoms with Crippen LogP contribution in [0.25, 0.3) is 21.3 Å². The van der Waals surface area contributed by atoms with E-state index >= 15 is 0 Å². The minimum Gasteiger partial charge on any atom is -0.485 e. The maximum atomic E-state index is 13.7. The van der Waals surface area contributed by atoms with Gasteiger partial charge in [0.2, 0.25) is 0 Å². The molecule has 0 atom stereocenters. The molecule has 0 aliphatic rings. The number of furan rings is 1. The van der Waals surface area contributed by atoms with E-state index in [1.807, 2.05) is 18.2 Å². The third-order valence-electron chi connectivity index (χ3n) is 6.16. The maximum Gasteiger partial charge on any atom is 0.433 e. The first-order valence-corrected chi connectivity index (χ1v) is 13.2. The quantitative estimate of drug-likeness (QED) is 0.137. The molecule has 0 radical (unpaired) electrons. The molecule has 0 bridgehead atoms. The molecule has 5 rings (SSSR count). The average Bonchev–Trinajstić information content (AvgIpc) is 3.58. The van der Waals surface area contributed by atoms with Crippen molar-refractivity contribution in [1.82, 2.24) is 4.98 Å². The van der Waals surface area contributed by atoms with Crippen LogP contribution in [0.1, 0.15) is 37.2 Å². The minimum absolute atomic E-state index is 0.00814. The first kappa shape index (κ1) is 28.6. The molecule has 2 amide bonds. The van der Waals surface area contributed by atoms with Gasteiger partial charge in [-0.2, -0.15) is 13.2 Å². The summed E-state index contributed by atoms with van der Waals surface area (Å²) in [6.07, 6.45) is -2.48. The van der Waals surface area contributed by atoms with E-state index in [9.17, 15) is 27.2 Å². The summed E-state index contributed by atoms with van der Waals surface area (Å²) in [5, 5.41) is 2.59. The van der Waals surface area contributed by atoms with E-state index in [1.165, 1.54) is 24.3 Å². The lowest BCUT2D eigenvalue weighted by molar-refractivity contribution is -0.140. The third kappa shape index (κ3) is 5.88. The largest absolute Gasteiger partial charge is 0.485 e. The summed E-state index contributed by atoms with van der Waals surface area (Å²) in [7, 11) is 0. The Hall–Kier alpha value is -4.97. The molecule has 5 aromatic rings. The SMILES string of the molecule is C=CCc1ccccc1OCc1ccc(C(=O)Nc2c(C(N)=O)sc3nc(C(F)(F)F)cc(-c4ccc(F)cc4)c23)o1. The number of nitrogens with one attached hydrogen (secondary N) is 1. The molecular weight excluding hydrogens is 574 g/mol. The molecule has 214 valence electrons. The number of primary amides is 1. The normalized spacial score (nSPS) is 11.4. The molecule has 42 heavy (non-hydrogen) atoms. The number of ether oxygens (including phenoxy) is 1. The van der Waals surface area contributed by atoms with E-state index < -0.39 is 29.5 Å². The van der Waals surface area contributed by atoms with Gasteiger partial charge in [-0.1, -0.05) is 36.4 Å². The van der Waals surface area contributed by atoms with Crippen LogP contribution in [0.5, 0.6) is 5.75 Å². The van der Waals surface area contributed by atoms with Crippen molar-refractivity contribution in [2.45, 2.75) is 19.2 Å². The predicted molar refractivity (Wildman–Crippen MR) is 150 cm³/mol. The molecule has 0 aliphatic carbocycles. The van der Waals surface area contributed by atoms with Gasteiger partial charge in [-0.15, -0.1) is 17.9 Å². The number of hydrogen-bond acceptors (Lipinski definition) is 6. The van der Waals surface area contributed by atoms with E-state index in [2.05, 4.69) is 16.9 Å². The second kappa shape index (κ2) is 11.5. The Kier molecular flexibility index (Phi) is 7.81. The lowest BCUT2D eigenvalue weighted by Gasteiger charge is -2.12. The van der Waals surface area contributed by atoms with E-state index in [4.69, 9.17) is 14.9 Å². The molecular formula is C30H21F4N3O4S. The number of anilines is 1. The Morgan fingerprint density at radius 1 is 1.10 bits per heavy atom. The summed E-state index contributed by atoms with van der Waals surface area (Å²) in [6.45, 7) is 3.74. The second-order valence-corrected chi connectivity index (χ2v) is 10.0. The van der Waals surface area contributed by atoms with Gasteiger partial charge >= 0.3 is 6.18 Å². The van der Waals surface area contributed by atoms with Gasteiger partial charge in [-0.25, -0.2) is 9.37 Å². The van der Waals surface area contributed by atoms with Crippen molar-refractivity contribution in [3.8, 4) is 16.9 Å². The van der Waals surface area contributed by atoms with Gasteiger partial charge < -0.3 is 20.2 Å². The van der Waals surface area contributed by atoms with Gasteiger partial charge in [-0.3, -0.25) is 9.59 Å². The molecule has 12 heteroatoms. The van der Waals surface area contributed by atoms with Crippen LogP contribution in [0.3, 0.4) is 0 Å². The highest BCUT2D eigenvalue weighted by Gasteiger charge is 2.35. The van der Waals surface area contributed by atoms with Gasteiger partial charge in [0, 0.05) is 5.39 Å². The van der Waals surface area contributed by atoms with Crippen LogP contribution >= 0.6 is 11.3 Å². The number of allylic oxidation sites excluding steroid dienone is 1. The summed E-state index contributed by atoms with van der Waals surface area (Å²) < 4.78 is 66.2. The van der Waals surface area contributed by atoms with Gasteiger partial charge in [0.1, 0.15) is 39.3 Å². The van der Waals surface area contributed by atoms with Crippen molar-refractivity contribution >= 4 is 39.1 Å². The van der Waals surface area contributed by atoms with Crippen LogP contribution in [-0.2, 0) is 19.2 Å². The number of halogens is 4. The number of fused-ring (bicyclic) bond motifs is 1. The molecule has 0 saturated heterocycles. The highest BCUT2D eigenvalue weighted by Crippen LogP contribution is 2.43. The number of nitrogens with two attached hydrogens (primary N) is 1. The fourth-order valence-electron chi connectivity index (χ4n) is 4.26. The molecule has 2 aromatic carbocycles. The van der Waals surface area contributed by atoms with Gasteiger partial charge in [0.25, 0.3) is 11.8 Å². The fraction of sp³-hybridized carbons (Fsp3) is 0.100. The van der Waals surface area contributed by atoms with Crippen LogP contribution in [0.2, 0.25) is 0 Å². The monoisotopic (exact) mass is 595 g/mol. The van der Waals surface area contributed by atoms with E-state index in [0.717, 1.165) is 23.8 Å². The van der Waals surface area contributed by atoms with Crippen molar-refractivity contribution < 1.29 is 36.3 Å². The number of aromatic nitrogens is 1. The Labute approximate surface area is 240 Å². The molecule has 0 unspecified atom stereocenters. The van der Waals surface area contributed by atoms with Gasteiger partial charge in [0.05, 0.1) is 5.69 Å². The summed E-state index contributed by atoms with van der Waals surface area (Å²) in [6, 6.07) is 15.8. The van der Waals surface area contributed by atoms with Crippen LogP contribution in [0, 0.1) is 5.82 Å². The number of para-hydroxylation sites is 1. The van der Waals surface area contributed by atoms with Crippen LogP contribution in [0.15, 0.2) is 83.8 Å². The molecule has 0 spiro atoms. The maximum absolute atomic E-state index is 13.7. The summed E-state index contributed by atoms with van der Waals surface area (Å²) in [5.41, 5.74) is 5.26. The number of rotatable bonds is 9. The number of pyridine rings is 1. The number of thiophene rings is 1. The highest BCUT2D eigenvalue weighted by molar-refractivity contribution is 7.21. The zero-order valence-corrected chi connectivity index (χ0v) is 22.4. The van der Waals surface area contributed by atoms with E-state index in [-0.39, 0.29) is 44.3 Å². The van der Waals surface area contributed by atoms with Crippen molar-refractivity contribution in [1.29, 1.82) is 0 Å². The summed E-state index contributed by atoms with van der Waals surface area (Å²) in [4.78, 5) is 28.8. The second-order valence-electron chi connectivity index (χ2n) is 9.02. The molecule has 3 aromatic heterocycles. The molecule has 0 saturated carbocycles. The Balaban J connectivity index is 1.50. The standard InChI is InChI=1S/C30H21F4N3O4S/c1-2-5-17-6-3-4-7-21(17)40-15-19-12-13-22(41-19)28(39)37-25-24-20(16-8-10-18(31)11-9-16)14-23(30(32,33)34)36-29(24)42-26(25)27(35)38/h2-4,6-14H,1,5,15H2,(H2,35,38)(H,37,39). The number of amides is 2. The topological polar surface area (TPSA) is 107 Å². The zero-order valence-electron chi connectivity index (χ0n) is 21.6. The summed E-state index contributed by atoms with van der Waals surface area (Å²) >= 11 is 0.596. The number of carbonyl (C=O) groups excluding carboxylic acids is 2. The number of nitrogens with zero attached hydrogens (tertiary/aromatic N) is 1. The van der Waals surface area contributed by atoms with E-state index in [0.29, 0.717) is 29.3 Å². The predicted octanol–water partition coefficient (Wildman–Crippen LogP) is 7.37. The Morgan fingerprint density at radius 2 is 1.83 bits per heavy atom. The lowest BCUT2D eigenvalue weighted by Crippen LogP contribution is -2.16. The van der Waals surface area contributed by atoms with Crippen molar-refractivity contribution in [3.63, 3.8) is 0 Å². The molecule has 0 fully saturated rings. The number of alkyl halides is 3. The Bertz CT molecular complexity index is 1810. The van der Waals surface area contributed by atoms with Gasteiger partial charge in [0.15, 0.2) is 5.76 Å². The van der Waals surface area contributed by atoms with Crippen LogP contribution in [0.4, 0.5) is 23.2 Å². The number of hydrogen-bond donors (Lipinski definition) is 2. The molecule has 3 heterocycles.